The summed E-state index contributed by atoms with van der Waals surface area (Å²) in [4.78, 5) is 7.74. The maximum atomic E-state index is 14.1. The molecule has 0 bridgehead atoms. The predicted octanol–water partition coefficient (Wildman–Crippen LogP) is 6.11. The minimum Gasteiger partial charge on any atom is -0.491 e. The minimum atomic E-state index is -0.513. The van der Waals surface area contributed by atoms with Gasteiger partial charge in [-0.25, -0.2) is 18.2 Å². The van der Waals surface area contributed by atoms with E-state index in [4.69, 9.17) is 9.47 Å². The second-order valence-electron chi connectivity index (χ2n) is 7.17. The number of fused-ring (bicyclic) bond motifs is 1. The number of aromatic nitrogens is 2. The lowest BCUT2D eigenvalue weighted by Gasteiger charge is -2.11. The van der Waals surface area contributed by atoms with Crippen LogP contribution in [0.2, 0.25) is 0 Å². The van der Waals surface area contributed by atoms with Gasteiger partial charge in [0.15, 0.2) is 11.6 Å². The number of benzene rings is 3. The van der Waals surface area contributed by atoms with Crippen molar-refractivity contribution in [1.29, 1.82) is 0 Å². The van der Waals surface area contributed by atoms with Gasteiger partial charge >= 0.3 is 0 Å². The smallest absolute Gasteiger partial charge is 0.167 e. The van der Waals surface area contributed by atoms with Crippen LogP contribution in [0.1, 0.15) is 36.7 Å². The molecule has 1 heterocycles. The van der Waals surface area contributed by atoms with E-state index >= 15 is 0 Å². The number of halogens is 3. The Kier molecular flexibility index (Phi) is 5.84. The normalized spacial score (nSPS) is 12.2. The third kappa shape index (κ3) is 4.50. The SMILES string of the molecule is CCOc1cc2nc(C(C)c3ccc(OCc4cc(F)ccc4F)cc3)[nH]c2cc1F. The highest BCUT2D eigenvalue weighted by atomic mass is 19.1. The first-order valence-corrected chi connectivity index (χ1v) is 9.93. The van der Waals surface area contributed by atoms with Crippen LogP contribution in [-0.2, 0) is 6.61 Å². The molecule has 0 radical (unpaired) electrons. The lowest BCUT2D eigenvalue weighted by Crippen LogP contribution is -2.01. The summed E-state index contributed by atoms with van der Waals surface area (Å²) in [5.41, 5.74) is 2.34. The summed E-state index contributed by atoms with van der Waals surface area (Å²) in [6, 6.07) is 13.5. The van der Waals surface area contributed by atoms with Gasteiger partial charge in [0.25, 0.3) is 0 Å². The molecule has 1 aromatic heterocycles. The van der Waals surface area contributed by atoms with Gasteiger partial charge in [0, 0.05) is 23.6 Å². The highest BCUT2D eigenvalue weighted by Crippen LogP contribution is 2.29. The van der Waals surface area contributed by atoms with E-state index in [0.29, 0.717) is 29.2 Å². The molecular weight excluding hydrogens is 405 g/mol. The van der Waals surface area contributed by atoms with E-state index in [0.717, 1.165) is 23.8 Å². The number of hydrogen-bond acceptors (Lipinski definition) is 3. The van der Waals surface area contributed by atoms with E-state index in [1.165, 1.54) is 6.07 Å². The molecule has 1 unspecified atom stereocenters. The van der Waals surface area contributed by atoms with E-state index in [1.54, 1.807) is 25.1 Å². The molecule has 0 aliphatic heterocycles. The fourth-order valence-electron chi connectivity index (χ4n) is 3.33. The molecule has 0 amide bonds. The molecule has 4 aromatic rings. The van der Waals surface area contributed by atoms with Crippen LogP contribution in [0.3, 0.4) is 0 Å². The van der Waals surface area contributed by atoms with E-state index in [-0.39, 0.29) is 23.8 Å². The molecule has 0 aliphatic carbocycles. The molecule has 0 saturated heterocycles. The van der Waals surface area contributed by atoms with Gasteiger partial charge in [0.1, 0.15) is 29.8 Å². The second-order valence-corrected chi connectivity index (χ2v) is 7.17. The number of nitrogens with one attached hydrogen (secondary N) is 1. The van der Waals surface area contributed by atoms with Crippen molar-refractivity contribution in [3.05, 3.63) is 89.0 Å². The quantitative estimate of drug-likeness (QED) is 0.388. The molecule has 160 valence electrons. The fourth-order valence-corrected chi connectivity index (χ4v) is 3.33. The van der Waals surface area contributed by atoms with Crippen molar-refractivity contribution in [2.75, 3.05) is 6.61 Å². The molecule has 3 aromatic carbocycles. The zero-order valence-electron chi connectivity index (χ0n) is 17.1. The Bertz CT molecular complexity index is 1210. The van der Waals surface area contributed by atoms with Crippen LogP contribution >= 0.6 is 0 Å². The maximum absolute atomic E-state index is 14.1. The van der Waals surface area contributed by atoms with Crippen molar-refractivity contribution >= 4 is 11.0 Å². The van der Waals surface area contributed by atoms with Gasteiger partial charge in [-0.05, 0) is 42.8 Å². The number of hydrogen-bond donors (Lipinski definition) is 1. The summed E-state index contributed by atoms with van der Waals surface area (Å²) in [7, 11) is 0. The van der Waals surface area contributed by atoms with Crippen molar-refractivity contribution in [3.63, 3.8) is 0 Å². The maximum Gasteiger partial charge on any atom is 0.167 e. The van der Waals surface area contributed by atoms with Gasteiger partial charge < -0.3 is 14.5 Å². The lowest BCUT2D eigenvalue weighted by atomic mass is 10.0. The summed E-state index contributed by atoms with van der Waals surface area (Å²) < 4.78 is 52.0. The third-order valence-corrected chi connectivity index (χ3v) is 5.05. The Morgan fingerprint density at radius 3 is 2.45 bits per heavy atom. The van der Waals surface area contributed by atoms with Crippen molar-refractivity contribution in [2.24, 2.45) is 0 Å². The summed E-state index contributed by atoms with van der Waals surface area (Å²) in [5.74, 6) is -0.138. The molecule has 0 spiro atoms. The molecule has 31 heavy (non-hydrogen) atoms. The average Bonchev–Trinajstić information content (AvgIpc) is 3.17. The number of ether oxygens (including phenoxy) is 2. The topological polar surface area (TPSA) is 47.1 Å². The van der Waals surface area contributed by atoms with E-state index < -0.39 is 17.5 Å². The molecule has 0 fully saturated rings. The molecule has 0 aliphatic rings. The number of rotatable bonds is 7. The first-order valence-electron chi connectivity index (χ1n) is 9.93. The Balaban J connectivity index is 1.49. The summed E-state index contributed by atoms with van der Waals surface area (Å²) in [6.45, 7) is 4.07. The van der Waals surface area contributed by atoms with E-state index in [9.17, 15) is 13.2 Å². The lowest BCUT2D eigenvalue weighted by molar-refractivity contribution is 0.299. The second kappa shape index (κ2) is 8.71. The summed E-state index contributed by atoms with van der Waals surface area (Å²) >= 11 is 0. The van der Waals surface area contributed by atoms with E-state index in [1.807, 2.05) is 19.1 Å². The monoisotopic (exact) mass is 426 g/mol. The molecule has 0 saturated carbocycles. The number of H-pyrrole nitrogens is 1. The number of nitrogens with zero attached hydrogens (tertiary/aromatic N) is 1. The molecular formula is C24H21F3N2O2. The largest absolute Gasteiger partial charge is 0.491 e. The van der Waals surface area contributed by atoms with Crippen molar-refractivity contribution in [2.45, 2.75) is 26.4 Å². The first kappa shape index (κ1) is 20.8. The summed E-state index contributed by atoms with van der Waals surface area (Å²) in [6.07, 6.45) is 0. The van der Waals surface area contributed by atoms with Crippen LogP contribution in [0.15, 0.2) is 54.6 Å². The van der Waals surface area contributed by atoms with Crippen LogP contribution < -0.4 is 9.47 Å². The molecule has 7 heteroatoms. The van der Waals surface area contributed by atoms with Gasteiger partial charge in [-0.2, -0.15) is 0 Å². The Morgan fingerprint density at radius 1 is 0.935 bits per heavy atom. The standard InChI is InChI=1S/C24H21F3N2O2/c1-3-30-23-12-22-21(11-20(23)27)28-24(29-22)14(2)15-4-7-18(8-5-15)31-13-16-10-17(25)6-9-19(16)26/h4-12,14H,3,13H2,1-2H3,(H,28,29). The van der Waals surface area contributed by atoms with Crippen LogP contribution in [-0.4, -0.2) is 16.6 Å². The molecule has 1 N–H and O–H groups in total. The molecule has 1 atom stereocenters. The highest BCUT2D eigenvalue weighted by Gasteiger charge is 2.16. The predicted molar refractivity (Wildman–Crippen MR) is 112 cm³/mol. The summed E-state index contributed by atoms with van der Waals surface area (Å²) in [5, 5.41) is 0. The van der Waals surface area contributed by atoms with Crippen LogP contribution in [0.5, 0.6) is 11.5 Å². The number of aromatic amines is 1. The Hall–Kier alpha value is -3.48. The van der Waals surface area contributed by atoms with E-state index in [2.05, 4.69) is 9.97 Å². The first-order chi connectivity index (χ1) is 14.9. The van der Waals surface area contributed by atoms with Gasteiger partial charge in [-0.15, -0.1) is 0 Å². The van der Waals surface area contributed by atoms with Crippen LogP contribution in [0.4, 0.5) is 13.2 Å². The Labute approximate surface area is 177 Å². The van der Waals surface area contributed by atoms with Gasteiger partial charge in [-0.1, -0.05) is 19.1 Å². The van der Waals surface area contributed by atoms with Crippen molar-refractivity contribution in [1.82, 2.24) is 9.97 Å². The fraction of sp³-hybridized carbons (Fsp3) is 0.208. The zero-order chi connectivity index (χ0) is 22.0. The molecule has 4 nitrogen and oxygen atoms in total. The van der Waals surface area contributed by atoms with Crippen molar-refractivity contribution in [3.8, 4) is 11.5 Å². The number of imidazole rings is 1. The average molecular weight is 426 g/mol. The van der Waals surface area contributed by atoms with Crippen LogP contribution in [0.25, 0.3) is 11.0 Å². The molecule has 4 rings (SSSR count). The van der Waals surface area contributed by atoms with Gasteiger partial charge in [0.2, 0.25) is 0 Å². The van der Waals surface area contributed by atoms with Crippen molar-refractivity contribution < 1.29 is 22.6 Å². The Morgan fingerprint density at radius 2 is 1.71 bits per heavy atom. The minimum absolute atomic E-state index is 0.0736. The zero-order valence-corrected chi connectivity index (χ0v) is 17.1. The third-order valence-electron chi connectivity index (χ3n) is 5.05. The van der Waals surface area contributed by atoms with Gasteiger partial charge in [0.05, 0.1) is 17.6 Å². The van der Waals surface area contributed by atoms with Crippen LogP contribution in [0, 0.1) is 17.5 Å². The van der Waals surface area contributed by atoms with Gasteiger partial charge in [-0.3, -0.25) is 0 Å². The highest BCUT2D eigenvalue weighted by molar-refractivity contribution is 5.77.